The molecule has 1 saturated heterocycles. The summed E-state index contributed by atoms with van der Waals surface area (Å²) >= 11 is 0. The molecule has 3 nitrogen and oxygen atoms in total. The van der Waals surface area contributed by atoms with Crippen LogP contribution in [0.25, 0.3) is 0 Å². The normalized spacial score (nSPS) is 32.3. The zero-order chi connectivity index (χ0) is 13.2. The molecule has 0 bridgehead atoms. The maximum atomic E-state index is 12.5. The Balaban J connectivity index is 1.97. The standard InChI is InChI=1S/C15H28N2O/c1-12-7-6-8-13(2)17(12)14(18)11-15(16)9-4-3-5-10-15/h12-13H,3-11,16H2,1-2H3. The molecular formula is C15H28N2O. The molecule has 2 fully saturated rings. The molecule has 3 heteroatoms. The first-order chi connectivity index (χ1) is 8.52. The van der Waals surface area contributed by atoms with Crippen LogP contribution in [0.3, 0.4) is 0 Å². The molecule has 0 spiro atoms. The average Bonchev–Trinajstić information content (AvgIpc) is 2.28. The zero-order valence-corrected chi connectivity index (χ0v) is 12.0. The Morgan fingerprint density at radius 1 is 1.11 bits per heavy atom. The van der Waals surface area contributed by atoms with Crippen molar-refractivity contribution in [3.8, 4) is 0 Å². The molecule has 0 aromatic carbocycles. The summed E-state index contributed by atoms with van der Waals surface area (Å²) in [5.41, 5.74) is 6.19. The van der Waals surface area contributed by atoms with Crippen LogP contribution in [0.4, 0.5) is 0 Å². The van der Waals surface area contributed by atoms with Crippen molar-refractivity contribution < 1.29 is 4.79 Å². The molecule has 2 atom stereocenters. The first-order valence-corrected chi connectivity index (χ1v) is 7.62. The molecule has 2 aliphatic rings. The van der Waals surface area contributed by atoms with E-state index >= 15 is 0 Å². The zero-order valence-electron chi connectivity index (χ0n) is 12.0. The van der Waals surface area contributed by atoms with Crippen LogP contribution >= 0.6 is 0 Å². The van der Waals surface area contributed by atoms with Gasteiger partial charge >= 0.3 is 0 Å². The number of nitrogens with zero attached hydrogens (tertiary/aromatic N) is 1. The first kappa shape index (κ1) is 13.9. The van der Waals surface area contributed by atoms with E-state index in [0.29, 0.717) is 24.4 Å². The Labute approximate surface area is 111 Å². The molecule has 104 valence electrons. The lowest BCUT2D eigenvalue weighted by Gasteiger charge is -2.42. The Morgan fingerprint density at radius 3 is 2.22 bits per heavy atom. The van der Waals surface area contributed by atoms with E-state index in [1.165, 1.54) is 25.7 Å². The van der Waals surface area contributed by atoms with Crippen molar-refractivity contribution in [2.24, 2.45) is 5.73 Å². The molecule has 0 aromatic heterocycles. The molecule has 1 aliphatic carbocycles. The molecule has 0 radical (unpaired) electrons. The van der Waals surface area contributed by atoms with E-state index < -0.39 is 0 Å². The summed E-state index contributed by atoms with van der Waals surface area (Å²) in [6.45, 7) is 4.36. The summed E-state index contributed by atoms with van der Waals surface area (Å²) in [4.78, 5) is 14.6. The van der Waals surface area contributed by atoms with E-state index in [1.54, 1.807) is 0 Å². The molecule has 1 amide bonds. The van der Waals surface area contributed by atoms with Gasteiger partial charge in [0.05, 0.1) is 0 Å². The Kier molecular flexibility index (Phi) is 4.31. The monoisotopic (exact) mass is 252 g/mol. The van der Waals surface area contributed by atoms with E-state index in [2.05, 4.69) is 18.7 Å². The van der Waals surface area contributed by atoms with Crippen LogP contribution in [0.5, 0.6) is 0 Å². The van der Waals surface area contributed by atoms with Gasteiger partial charge in [-0.3, -0.25) is 4.79 Å². The van der Waals surface area contributed by atoms with Crippen LogP contribution in [0.2, 0.25) is 0 Å². The molecule has 1 saturated carbocycles. The first-order valence-electron chi connectivity index (χ1n) is 7.62. The molecule has 1 heterocycles. The van der Waals surface area contributed by atoms with Crippen molar-refractivity contribution in [1.82, 2.24) is 4.90 Å². The number of nitrogens with two attached hydrogens (primary N) is 1. The molecular weight excluding hydrogens is 224 g/mol. The van der Waals surface area contributed by atoms with Crippen LogP contribution < -0.4 is 5.73 Å². The van der Waals surface area contributed by atoms with Gasteiger partial charge in [0.25, 0.3) is 0 Å². The highest BCUT2D eigenvalue weighted by Crippen LogP contribution is 2.31. The SMILES string of the molecule is CC1CCCC(C)N1C(=O)CC1(N)CCCCC1. The maximum absolute atomic E-state index is 12.5. The highest BCUT2D eigenvalue weighted by atomic mass is 16.2. The summed E-state index contributed by atoms with van der Waals surface area (Å²) in [5, 5.41) is 0. The molecule has 1 aliphatic heterocycles. The number of hydrogen-bond donors (Lipinski definition) is 1. The molecule has 0 aromatic rings. The van der Waals surface area contributed by atoms with Gasteiger partial charge in [-0.25, -0.2) is 0 Å². The second-order valence-corrected chi connectivity index (χ2v) is 6.53. The van der Waals surface area contributed by atoms with Crippen molar-refractivity contribution in [1.29, 1.82) is 0 Å². The van der Waals surface area contributed by atoms with E-state index in [9.17, 15) is 4.79 Å². The highest BCUT2D eigenvalue weighted by molar-refractivity contribution is 5.78. The number of carbonyl (C=O) groups excluding carboxylic acids is 1. The minimum Gasteiger partial charge on any atom is -0.337 e. The number of hydrogen-bond acceptors (Lipinski definition) is 2. The lowest BCUT2D eigenvalue weighted by Crippen LogP contribution is -2.52. The summed E-state index contributed by atoms with van der Waals surface area (Å²) in [5.74, 6) is 0.291. The summed E-state index contributed by atoms with van der Waals surface area (Å²) in [7, 11) is 0. The summed E-state index contributed by atoms with van der Waals surface area (Å²) in [6.07, 6.45) is 9.81. The largest absolute Gasteiger partial charge is 0.337 e. The van der Waals surface area contributed by atoms with E-state index in [-0.39, 0.29) is 5.54 Å². The van der Waals surface area contributed by atoms with Gasteiger partial charge in [-0.2, -0.15) is 0 Å². The van der Waals surface area contributed by atoms with Gasteiger partial charge < -0.3 is 10.6 Å². The highest BCUT2D eigenvalue weighted by Gasteiger charge is 2.35. The third-order valence-electron chi connectivity index (χ3n) is 4.83. The maximum Gasteiger partial charge on any atom is 0.224 e. The molecule has 2 N–H and O–H groups in total. The predicted octanol–water partition coefficient (Wildman–Crippen LogP) is 2.83. The fourth-order valence-corrected chi connectivity index (χ4v) is 3.74. The third kappa shape index (κ3) is 3.05. The number of amides is 1. The number of piperidine rings is 1. The van der Waals surface area contributed by atoms with Gasteiger partial charge in [-0.1, -0.05) is 19.3 Å². The predicted molar refractivity (Wildman–Crippen MR) is 74.2 cm³/mol. The second kappa shape index (κ2) is 5.60. The summed E-state index contributed by atoms with van der Waals surface area (Å²) in [6, 6.07) is 0.793. The van der Waals surface area contributed by atoms with E-state index in [4.69, 9.17) is 5.73 Å². The van der Waals surface area contributed by atoms with Gasteiger partial charge in [-0.15, -0.1) is 0 Å². The number of rotatable bonds is 2. The van der Waals surface area contributed by atoms with Crippen molar-refractivity contribution in [3.05, 3.63) is 0 Å². The second-order valence-electron chi connectivity index (χ2n) is 6.53. The molecule has 2 rings (SSSR count). The fourth-order valence-electron chi connectivity index (χ4n) is 3.74. The quantitative estimate of drug-likeness (QED) is 0.821. The lowest BCUT2D eigenvalue weighted by atomic mass is 9.79. The van der Waals surface area contributed by atoms with Crippen LogP contribution in [0.1, 0.15) is 71.6 Å². The summed E-state index contributed by atoms with van der Waals surface area (Å²) < 4.78 is 0. The van der Waals surface area contributed by atoms with Crippen LogP contribution in [-0.4, -0.2) is 28.4 Å². The molecule has 18 heavy (non-hydrogen) atoms. The van der Waals surface area contributed by atoms with Gasteiger partial charge in [0.1, 0.15) is 0 Å². The molecule has 2 unspecified atom stereocenters. The average molecular weight is 252 g/mol. The minimum absolute atomic E-state index is 0.216. The van der Waals surface area contributed by atoms with Crippen LogP contribution in [-0.2, 0) is 4.79 Å². The van der Waals surface area contributed by atoms with Crippen molar-refractivity contribution >= 4 is 5.91 Å². The van der Waals surface area contributed by atoms with Gasteiger partial charge in [0.15, 0.2) is 0 Å². The van der Waals surface area contributed by atoms with Crippen molar-refractivity contribution in [2.75, 3.05) is 0 Å². The third-order valence-corrected chi connectivity index (χ3v) is 4.83. The fraction of sp³-hybridized carbons (Fsp3) is 0.933. The Bertz CT molecular complexity index is 287. The van der Waals surface area contributed by atoms with Crippen LogP contribution in [0.15, 0.2) is 0 Å². The van der Waals surface area contributed by atoms with Crippen molar-refractivity contribution in [2.45, 2.75) is 89.3 Å². The number of carbonyl (C=O) groups is 1. The Hall–Kier alpha value is -0.570. The van der Waals surface area contributed by atoms with Gasteiger partial charge in [0, 0.05) is 24.0 Å². The van der Waals surface area contributed by atoms with E-state index in [1.807, 2.05) is 0 Å². The van der Waals surface area contributed by atoms with Gasteiger partial charge in [0.2, 0.25) is 5.91 Å². The van der Waals surface area contributed by atoms with Crippen molar-refractivity contribution in [3.63, 3.8) is 0 Å². The Morgan fingerprint density at radius 2 is 1.67 bits per heavy atom. The van der Waals surface area contributed by atoms with E-state index in [0.717, 1.165) is 25.7 Å². The topological polar surface area (TPSA) is 46.3 Å². The smallest absolute Gasteiger partial charge is 0.224 e. The number of likely N-dealkylation sites (tertiary alicyclic amines) is 1. The van der Waals surface area contributed by atoms with Gasteiger partial charge in [-0.05, 0) is 46.0 Å². The van der Waals surface area contributed by atoms with Crippen LogP contribution in [0, 0.1) is 0 Å². The lowest BCUT2D eigenvalue weighted by molar-refractivity contribution is -0.138. The minimum atomic E-state index is -0.216.